The van der Waals surface area contributed by atoms with E-state index in [4.69, 9.17) is 9.47 Å². The average Bonchev–Trinajstić information content (AvgIpc) is 2.42. The maximum Gasteiger partial charge on any atom is 0.396 e. The van der Waals surface area contributed by atoms with Crippen molar-refractivity contribution in [1.82, 2.24) is 0 Å². The lowest BCUT2D eigenvalue weighted by Crippen LogP contribution is -2.43. The summed E-state index contributed by atoms with van der Waals surface area (Å²) in [4.78, 5) is 0. The van der Waals surface area contributed by atoms with E-state index >= 15 is 0 Å². The first-order chi connectivity index (χ1) is 7.13. The van der Waals surface area contributed by atoms with E-state index in [2.05, 4.69) is 0 Å². The topological polar surface area (TPSA) is 18.5 Å². The minimum atomic E-state index is -4.60. The van der Waals surface area contributed by atoms with Crippen molar-refractivity contribution in [2.24, 2.45) is 5.92 Å². The van der Waals surface area contributed by atoms with E-state index < -0.39 is 23.7 Å². The first-order valence-corrected chi connectivity index (χ1v) is 5.23. The number of ether oxygens (including phenoxy) is 2. The van der Waals surface area contributed by atoms with E-state index in [9.17, 15) is 17.6 Å². The maximum absolute atomic E-state index is 14.0. The van der Waals surface area contributed by atoms with Gasteiger partial charge in [0.2, 0.25) is 5.85 Å². The zero-order valence-electron chi connectivity index (χ0n) is 9.53. The van der Waals surface area contributed by atoms with Crippen molar-refractivity contribution in [2.45, 2.75) is 51.4 Å². The fourth-order valence-corrected chi connectivity index (χ4v) is 1.81. The largest absolute Gasteiger partial charge is 0.396 e. The Morgan fingerprint density at radius 2 is 1.94 bits per heavy atom. The van der Waals surface area contributed by atoms with Crippen LogP contribution in [0.2, 0.25) is 0 Å². The standard InChI is InChI=1S/C10H16F4O2/c1-4-15-8(3)5-6-9(11,16-8)7(2)10(12,13)14/h7H,4-6H2,1-3H3. The minimum Gasteiger partial charge on any atom is -0.350 e. The van der Waals surface area contributed by atoms with E-state index in [1.807, 2.05) is 0 Å². The highest BCUT2D eigenvalue weighted by Crippen LogP contribution is 2.48. The van der Waals surface area contributed by atoms with Crippen LogP contribution in [0.25, 0.3) is 0 Å². The summed E-state index contributed by atoms with van der Waals surface area (Å²) in [7, 11) is 0. The van der Waals surface area contributed by atoms with Crippen LogP contribution in [0.3, 0.4) is 0 Å². The van der Waals surface area contributed by atoms with Crippen LogP contribution in [0.15, 0.2) is 0 Å². The molecule has 1 saturated heterocycles. The van der Waals surface area contributed by atoms with Crippen molar-refractivity contribution in [1.29, 1.82) is 0 Å². The average molecular weight is 244 g/mol. The first kappa shape index (κ1) is 13.7. The lowest BCUT2D eigenvalue weighted by molar-refractivity contribution is -0.322. The van der Waals surface area contributed by atoms with Gasteiger partial charge < -0.3 is 9.47 Å². The van der Waals surface area contributed by atoms with E-state index in [0.29, 0.717) is 0 Å². The molecule has 96 valence electrons. The monoisotopic (exact) mass is 244 g/mol. The molecule has 2 nitrogen and oxygen atoms in total. The smallest absolute Gasteiger partial charge is 0.350 e. The van der Waals surface area contributed by atoms with Crippen LogP contribution in [-0.2, 0) is 9.47 Å². The molecular formula is C10H16F4O2. The zero-order chi connectivity index (χ0) is 12.6. The lowest BCUT2D eigenvalue weighted by atomic mass is 9.98. The van der Waals surface area contributed by atoms with Gasteiger partial charge in [-0.25, -0.2) is 4.39 Å². The second-order valence-electron chi connectivity index (χ2n) is 4.22. The van der Waals surface area contributed by atoms with E-state index in [0.717, 1.165) is 6.92 Å². The second-order valence-corrected chi connectivity index (χ2v) is 4.22. The molecule has 1 aliphatic rings. The molecule has 0 amide bonds. The lowest BCUT2D eigenvalue weighted by Gasteiger charge is -2.31. The Hall–Kier alpha value is -0.360. The molecule has 0 aliphatic carbocycles. The Balaban J connectivity index is 2.76. The van der Waals surface area contributed by atoms with Crippen LogP contribution in [0.1, 0.15) is 33.6 Å². The van der Waals surface area contributed by atoms with Crippen LogP contribution < -0.4 is 0 Å². The predicted octanol–water partition coefficient (Wildman–Crippen LogP) is 3.41. The molecule has 0 saturated carbocycles. The van der Waals surface area contributed by atoms with Crippen molar-refractivity contribution in [3.63, 3.8) is 0 Å². The van der Waals surface area contributed by atoms with Gasteiger partial charge in [-0.2, -0.15) is 13.2 Å². The molecule has 0 radical (unpaired) electrons. The van der Waals surface area contributed by atoms with E-state index in [1.54, 1.807) is 6.92 Å². The minimum absolute atomic E-state index is 0.123. The van der Waals surface area contributed by atoms with Crippen LogP contribution in [0.4, 0.5) is 17.6 Å². The van der Waals surface area contributed by atoms with Crippen LogP contribution in [0, 0.1) is 5.92 Å². The number of hydrogen-bond donors (Lipinski definition) is 0. The molecule has 1 fully saturated rings. The predicted molar refractivity (Wildman–Crippen MR) is 49.4 cm³/mol. The molecule has 1 heterocycles. The molecule has 16 heavy (non-hydrogen) atoms. The molecule has 0 aromatic rings. The number of hydrogen-bond acceptors (Lipinski definition) is 2. The van der Waals surface area contributed by atoms with Gasteiger partial charge >= 0.3 is 6.18 Å². The summed E-state index contributed by atoms with van der Waals surface area (Å²) in [6.07, 6.45) is -4.78. The Bertz CT molecular complexity index is 256. The Kier molecular flexibility index (Phi) is 3.55. The third-order valence-electron chi connectivity index (χ3n) is 2.89. The summed E-state index contributed by atoms with van der Waals surface area (Å²) in [6, 6.07) is 0. The summed E-state index contributed by atoms with van der Waals surface area (Å²) in [5.41, 5.74) is 0. The molecule has 0 aromatic carbocycles. The van der Waals surface area contributed by atoms with Crippen LogP contribution >= 0.6 is 0 Å². The van der Waals surface area contributed by atoms with Crippen LogP contribution in [-0.4, -0.2) is 24.4 Å². The molecule has 0 spiro atoms. The van der Waals surface area contributed by atoms with E-state index in [1.165, 1.54) is 6.92 Å². The van der Waals surface area contributed by atoms with Crippen molar-refractivity contribution < 1.29 is 27.0 Å². The van der Waals surface area contributed by atoms with Gasteiger partial charge in [-0.1, -0.05) is 0 Å². The van der Waals surface area contributed by atoms with Crippen LogP contribution in [0.5, 0.6) is 0 Å². The SMILES string of the molecule is CCOC1(C)CCC(F)(C(C)C(F)(F)F)O1. The number of alkyl halides is 4. The van der Waals surface area contributed by atoms with Gasteiger partial charge in [0.05, 0.1) is 0 Å². The quantitative estimate of drug-likeness (QED) is 0.708. The van der Waals surface area contributed by atoms with Gasteiger partial charge in [0.25, 0.3) is 0 Å². The highest BCUT2D eigenvalue weighted by Gasteiger charge is 2.59. The van der Waals surface area contributed by atoms with Crippen molar-refractivity contribution in [3.05, 3.63) is 0 Å². The summed E-state index contributed by atoms with van der Waals surface area (Å²) < 4.78 is 61.2. The molecule has 0 N–H and O–H groups in total. The maximum atomic E-state index is 14.0. The van der Waals surface area contributed by atoms with Gasteiger partial charge in [-0.05, 0) is 20.8 Å². The normalized spacial score (nSPS) is 37.7. The van der Waals surface area contributed by atoms with Gasteiger partial charge in [0.15, 0.2) is 5.79 Å². The molecule has 3 unspecified atom stereocenters. The fraction of sp³-hybridized carbons (Fsp3) is 1.00. The second kappa shape index (κ2) is 4.14. The summed E-state index contributed by atoms with van der Waals surface area (Å²) in [5, 5.41) is 0. The molecular weight excluding hydrogens is 228 g/mol. The fourth-order valence-electron chi connectivity index (χ4n) is 1.81. The zero-order valence-corrected chi connectivity index (χ0v) is 9.53. The van der Waals surface area contributed by atoms with Crippen molar-refractivity contribution in [3.8, 4) is 0 Å². The molecule has 3 atom stereocenters. The molecule has 0 aromatic heterocycles. The third kappa shape index (κ3) is 2.66. The van der Waals surface area contributed by atoms with Gasteiger partial charge in [-0.15, -0.1) is 0 Å². The summed E-state index contributed by atoms with van der Waals surface area (Å²) in [6.45, 7) is 4.20. The van der Waals surface area contributed by atoms with Gasteiger partial charge in [-0.3, -0.25) is 0 Å². The molecule has 0 bridgehead atoms. The van der Waals surface area contributed by atoms with Crippen molar-refractivity contribution >= 4 is 0 Å². The van der Waals surface area contributed by atoms with E-state index in [-0.39, 0.29) is 19.4 Å². The Morgan fingerprint density at radius 3 is 2.38 bits per heavy atom. The highest BCUT2D eigenvalue weighted by atomic mass is 19.4. The van der Waals surface area contributed by atoms with Gasteiger partial charge in [0.1, 0.15) is 5.92 Å². The summed E-state index contributed by atoms with van der Waals surface area (Å²) >= 11 is 0. The third-order valence-corrected chi connectivity index (χ3v) is 2.89. The van der Waals surface area contributed by atoms with Crippen molar-refractivity contribution in [2.75, 3.05) is 6.61 Å². The van der Waals surface area contributed by atoms with Gasteiger partial charge in [0, 0.05) is 19.4 Å². The molecule has 6 heteroatoms. The Labute approximate surface area is 91.9 Å². The highest BCUT2D eigenvalue weighted by molar-refractivity contribution is 4.89. The first-order valence-electron chi connectivity index (χ1n) is 5.23. The summed E-state index contributed by atoms with van der Waals surface area (Å²) in [5.74, 6) is -6.08. The molecule has 1 rings (SSSR count). The Morgan fingerprint density at radius 1 is 1.38 bits per heavy atom. The molecule has 1 aliphatic heterocycles. The number of halogens is 4. The number of rotatable bonds is 3.